The highest BCUT2D eigenvalue weighted by Crippen LogP contribution is 2.16. The number of hydrogen-bond acceptors (Lipinski definition) is 2. The molecule has 0 fully saturated rings. The molecule has 0 aliphatic rings. The van der Waals surface area contributed by atoms with Crippen molar-refractivity contribution in [3.8, 4) is 5.75 Å². The summed E-state index contributed by atoms with van der Waals surface area (Å²) in [6, 6.07) is 13.7. The van der Waals surface area contributed by atoms with Gasteiger partial charge in [-0.15, -0.1) is 0 Å². The van der Waals surface area contributed by atoms with Crippen LogP contribution in [0.1, 0.15) is 21.5 Å². The average Bonchev–Trinajstić information content (AvgIpc) is 2.48. The zero-order chi connectivity index (χ0) is 15.9. The third kappa shape index (κ3) is 4.55. The largest absolute Gasteiger partial charge is 0.435 e. The van der Waals surface area contributed by atoms with Crippen LogP contribution < -0.4 is 10.1 Å². The number of ether oxygens (including phenoxy) is 1. The molecule has 5 heteroatoms. The van der Waals surface area contributed by atoms with Crippen molar-refractivity contribution in [2.24, 2.45) is 0 Å². The molecule has 3 nitrogen and oxygen atoms in total. The fourth-order valence-corrected chi connectivity index (χ4v) is 2.12. The Morgan fingerprint density at radius 2 is 1.95 bits per heavy atom. The van der Waals surface area contributed by atoms with Crippen molar-refractivity contribution < 1.29 is 18.3 Å². The zero-order valence-electron chi connectivity index (χ0n) is 12.2. The van der Waals surface area contributed by atoms with E-state index in [2.05, 4.69) is 10.1 Å². The molecule has 2 rings (SSSR count). The summed E-state index contributed by atoms with van der Waals surface area (Å²) in [4.78, 5) is 12.0. The van der Waals surface area contributed by atoms with E-state index in [9.17, 15) is 13.6 Å². The average molecular weight is 305 g/mol. The first-order valence-electron chi connectivity index (χ1n) is 6.94. The summed E-state index contributed by atoms with van der Waals surface area (Å²) in [5.74, 6) is -0.338. The van der Waals surface area contributed by atoms with Gasteiger partial charge in [-0.2, -0.15) is 8.78 Å². The zero-order valence-corrected chi connectivity index (χ0v) is 12.2. The molecular formula is C17H17F2NO2. The van der Waals surface area contributed by atoms with Crippen LogP contribution in [0, 0.1) is 6.92 Å². The predicted octanol–water partition coefficient (Wildman–Crippen LogP) is 3.57. The molecule has 2 aromatic carbocycles. The third-order valence-electron chi connectivity index (χ3n) is 3.26. The molecule has 116 valence electrons. The van der Waals surface area contributed by atoms with Crippen molar-refractivity contribution in [2.45, 2.75) is 20.0 Å². The molecule has 1 N–H and O–H groups in total. The number of hydrogen-bond donors (Lipinski definition) is 1. The number of amides is 1. The lowest BCUT2D eigenvalue weighted by atomic mass is 10.1. The number of aryl methyl sites for hydroxylation is 1. The molecular weight excluding hydrogens is 288 g/mol. The number of rotatable bonds is 6. The van der Waals surface area contributed by atoms with E-state index in [1.165, 1.54) is 23.8 Å². The van der Waals surface area contributed by atoms with E-state index in [-0.39, 0.29) is 11.7 Å². The van der Waals surface area contributed by atoms with E-state index < -0.39 is 6.61 Å². The van der Waals surface area contributed by atoms with Gasteiger partial charge in [0.2, 0.25) is 0 Å². The maximum Gasteiger partial charge on any atom is 0.387 e. The number of nitrogens with one attached hydrogen (secondary N) is 1. The molecule has 0 unspecified atom stereocenters. The van der Waals surface area contributed by atoms with Crippen molar-refractivity contribution in [1.29, 1.82) is 0 Å². The molecule has 0 saturated carbocycles. The van der Waals surface area contributed by atoms with Crippen LogP contribution in [0.2, 0.25) is 0 Å². The molecule has 0 atom stereocenters. The van der Waals surface area contributed by atoms with Crippen LogP contribution in [-0.4, -0.2) is 19.1 Å². The highest BCUT2D eigenvalue weighted by Gasteiger charge is 2.09. The van der Waals surface area contributed by atoms with E-state index in [1.807, 2.05) is 31.2 Å². The summed E-state index contributed by atoms with van der Waals surface area (Å²) in [6.07, 6.45) is 0.714. The van der Waals surface area contributed by atoms with Crippen LogP contribution in [-0.2, 0) is 6.42 Å². The summed E-state index contributed by atoms with van der Waals surface area (Å²) >= 11 is 0. The molecule has 0 bridgehead atoms. The Morgan fingerprint density at radius 1 is 1.18 bits per heavy atom. The second-order valence-corrected chi connectivity index (χ2v) is 4.84. The van der Waals surface area contributed by atoms with Crippen LogP contribution in [0.5, 0.6) is 5.75 Å². The summed E-state index contributed by atoms with van der Waals surface area (Å²) in [7, 11) is 0. The van der Waals surface area contributed by atoms with Crippen molar-refractivity contribution in [1.82, 2.24) is 5.32 Å². The van der Waals surface area contributed by atoms with Gasteiger partial charge in [-0.3, -0.25) is 4.79 Å². The van der Waals surface area contributed by atoms with Gasteiger partial charge >= 0.3 is 6.61 Å². The summed E-state index contributed by atoms with van der Waals surface area (Å²) in [5, 5.41) is 2.77. The van der Waals surface area contributed by atoms with Gasteiger partial charge in [-0.1, -0.05) is 30.3 Å². The van der Waals surface area contributed by atoms with E-state index in [0.717, 1.165) is 5.56 Å². The monoisotopic (exact) mass is 305 g/mol. The highest BCUT2D eigenvalue weighted by molar-refractivity contribution is 5.94. The summed E-state index contributed by atoms with van der Waals surface area (Å²) in [5.41, 5.74) is 2.63. The van der Waals surface area contributed by atoms with Gasteiger partial charge in [-0.05, 0) is 42.7 Å². The van der Waals surface area contributed by atoms with E-state index in [4.69, 9.17) is 0 Å². The Kier molecular flexibility index (Phi) is 5.47. The van der Waals surface area contributed by atoms with Crippen LogP contribution >= 0.6 is 0 Å². The standard InChI is InChI=1S/C17H17F2NO2/c1-12-5-2-3-6-13(12)9-10-20-16(21)14-7-4-8-15(11-14)22-17(18)19/h2-8,11,17H,9-10H2,1H3,(H,20,21). The van der Waals surface area contributed by atoms with Gasteiger partial charge in [0.1, 0.15) is 5.75 Å². The lowest BCUT2D eigenvalue weighted by Gasteiger charge is -2.09. The Balaban J connectivity index is 1.91. The highest BCUT2D eigenvalue weighted by atomic mass is 19.3. The number of carbonyl (C=O) groups excluding carboxylic acids is 1. The fraction of sp³-hybridized carbons (Fsp3) is 0.235. The molecule has 0 aliphatic carbocycles. The Morgan fingerprint density at radius 3 is 2.68 bits per heavy atom. The summed E-state index contributed by atoms with van der Waals surface area (Å²) < 4.78 is 28.6. The van der Waals surface area contributed by atoms with Gasteiger partial charge in [0, 0.05) is 12.1 Å². The molecule has 0 radical (unpaired) electrons. The van der Waals surface area contributed by atoms with Gasteiger partial charge in [0.25, 0.3) is 5.91 Å². The Labute approximate surface area is 127 Å². The van der Waals surface area contributed by atoms with Gasteiger partial charge in [0.15, 0.2) is 0 Å². The van der Waals surface area contributed by atoms with Gasteiger partial charge < -0.3 is 10.1 Å². The van der Waals surface area contributed by atoms with Crippen LogP contribution in [0.15, 0.2) is 48.5 Å². The van der Waals surface area contributed by atoms with Crippen molar-refractivity contribution in [3.63, 3.8) is 0 Å². The predicted molar refractivity (Wildman–Crippen MR) is 80.3 cm³/mol. The van der Waals surface area contributed by atoms with E-state index >= 15 is 0 Å². The van der Waals surface area contributed by atoms with Crippen LogP contribution in [0.25, 0.3) is 0 Å². The van der Waals surface area contributed by atoms with E-state index in [0.29, 0.717) is 18.5 Å². The minimum absolute atomic E-state index is 0.0263. The minimum Gasteiger partial charge on any atom is -0.435 e. The quantitative estimate of drug-likeness (QED) is 0.886. The first kappa shape index (κ1) is 15.9. The second-order valence-electron chi connectivity index (χ2n) is 4.84. The van der Waals surface area contributed by atoms with Crippen LogP contribution in [0.3, 0.4) is 0 Å². The fourth-order valence-electron chi connectivity index (χ4n) is 2.12. The Bertz CT molecular complexity index is 644. The lowest BCUT2D eigenvalue weighted by molar-refractivity contribution is -0.0498. The molecule has 0 aromatic heterocycles. The number of benzene rings is 2. The SMILES string of the molecule is Cc1ccccc1CCNC(=O)c1cccc(OC(F)F)c1. The van der Waals surface area contributed by atoms with Crippen molar-refractivity contribution in [3.05, 3.63) is 65.2 Å². The van der Waals surface area contributed by atoms with E-state index in [1.54, 1.807) is 6.07 Å². The molecule has 0 aliphatic heterocycles. The maximum atomic E-state index is 12.2. The molecule has 0 spiro atoms. The second kappa shape index (κ2) is 7.54. The van der Waals surface area contributed by atoms with Crippen molar-refractivity contribution in [2.75, 3.05) is 6.54 Å². The maximum absolute atomic E-state index is 12.2. The molecule has 0 saturated heterocycles. The van der Waals surface area contributed by atoms with Gasteiger partial charge in [-0.25, -0.2) is 0 Å². The topological polar surface area (TPSA) is 38.3 Å². The number of carbonyl (C=O) groups is 1. The number of halogens is 2. The normalized spacial score (nSPS) is 10.5. The third-order valence-corrected chi connectivity index (χ3v) is 3.26. The Hall–Kier alpha value is -2.43. The first-order chi connectivity index (χ1) is 10.6. The number of alkyl halides is 2. The van der Waals surface area contributed by atoms with Gasteiger partial charge in [0.05, 0.1) is 0 Å². The molecule has 0 heterocycles. The first-order valence-corrected chi connectivity index (χ1v) is 6.94. The minimum atomic E-state index is -2.90. The van der Waals surface area contributed by atoms with Crippen LogP contribution in [0.4, 0.5) is 8.78 Å². The summed E-state index contributed by atoms with van der Waals surface area (Å²) in [6.45, 7) is -0.411. The molecule has 2 aromatic rings. The smallest absolute Gasteiger partial charge is 0.387 e. The van der Waals surface area contributed by atoms with Crippen molar-refractivity contribution >= 4 is 5.91 Å². The molecule has 1 amide bonds. The molecule has 22 heavy (non-hydrogen) atoms. The lowest BCUT2D eigenvalue weighted by Crippen LogP contribution is -2.25.